The Balaban J connectivity index is 2.44. The van der Waals surface area contributed by atoms with Crippen molar-refractivity contribution in [1.82, 2.24) is 0 Å². The van der Waals surface area contributed by atoms with Crippen LogP contribution in [0.1, 0.15) is 11.1 Å². The second kappa shape index (κ2) is 3.99. The zero-order valence-corrected chi connectivity index (χ0v) is 8.84. The van der Waals surface area contributed by atoms with E-state index < -0.39 is 17.8 Å². The third-order valence-electron chi connectivity index (χ3n) is 2.60. The molecule has 3 N–H and O–H groups in total. The van der Waals surface area contributed by atoms with E-state index in [1.54, 1.807) is 18.2 Å². The summed E-state index contributed by atoms with van der Waals surface area (Å²) in [5.74, 6) is -3.40. The van der Waals surface area contributed by atoms with Crippen LogP contribution in [0.25, 0.3) is 0 Å². The van der Waals surface area contributed by atoms with Gasteiger partial charge in [-0.15, -0.1) is 0 Å². The lowest BCUT2D eigenvalue weighted by molar-refractivity contribution is -0.149. The second-order valence-electron chi connectivity index (χ2n) is 3.68. The minimum Gasteiger partial charge on any atom is -0.474 e. The first-order valence-electron chi connectivity index (χ1n) is 4.96. The van der Waals surface area contributed by atoms with E-state index in [2.05, 4.69) is 0 Å². The lowest BCUT2D eigenvalue weighted by Crippen LogP contribution is -2.38. The third kappa shape index (κ3) is 1.78. The van der Waals surface area contributed by atoms with Gasteiger partial charge in [0.15, 0.2) is 0 Å². The Morgan fingerprint density at radius 3 is 2.71 bits per heavy atom. The smallest absolute Gasteiger partial charge is 0.395 e. The summed E-state index contributed by atoms with van der Waals surface area (Å²) in [6.07, 6.45) is 0.0300. The Bertz CT molecular complexity index is 524. The first-order chi connectivity index (χ1) is 8.04. The first-order valence-corrected chi connectivity index (χ1v) is 4.96. The number of nitrogens with zero attached hydrogens (tertiary/aromatic N) is 1. The minimum atomic E-state index is -1.64. The molecule has 1 aromatic rings. The van der Waals surface area contributed by atoms with Crippen LogP contribution >= 0.6 is 0 Å². The topological polar surface area (TPSA) is 101 Å². The number of carbonyl (C=O) groups excluding carboxylic acids is 2. The molecule has 0 bridgehead atoms. The molecule has 0 aliphatic carbocycles. The minimum absolute atomic E-state index is 0.0300. The molecule has 1 aliphatic heterocycles. The van der Waals surface area contributed by atoms with Crippen LogP contribution in [-0.2, 0) is 27.3 Å². The molecule has 17 heavy (non-hydrogen) atoms. The molecule has 0 fully saturated rings. The Hall–Kier alpha value is -2.21. The summed E-state index contributed by atoms with van der Waals surface area (Å²) >= 11 is 0. The van der Waals surface area contributed by atoms with Gasteiger partial charge in [0.05, 0.1) is 12.1 Å². The van der Waals surface area contributed by atoms with Crippen LogP contribution in [0.2, 0.25) is 0 Å². The molecule has 1 heterocycles. The fraction of sp³-hybridized carbons (Fsp3) is 0.182. The number of aliphatic carboxylic acids is 1. The summed E-state index contributed by atoms with van der Waals surface area (Å²) in [5, 5.41) is 8.62. The molecule has 2 rings (SSSR count). The summed E-state index contributed by atoms with van der Waals surface area (Å²) in [6.45, 7) is 0.328. The van der Waals surface area contributed by atoms with E-state index >= 15 is 0 Å². The number of carboxylic acid groups (broad SMARTS) is 1. The molecule has 0 spiro atoms. The highest BCUT2D eigenvalue weighted by Gasteiger charge is 2.35. The number of benzene rings is 1. The fourth-order valence-corrected chi connectivity index (χ4v) is 1.82. The number of rotatable bonds is 1. The van der Waals surface area contributed by atoms with E-state index in [1.807, 2.05) is 0 Å². The number of fused-ring (bicyclic) bond motifs is 1. The summed E-state index contributed by atoms with van der Waals surface area (Å²) in [6, 6.07) is 4.92. The molecular weight excluding hydrogens is 224 g/mol. The standard InChI is InChI=1S/C11H10N2O4/c12-5-6-1-2-8-7(3-6)4-9(14)13(8)10(15)11(16)17/h1-3H,4-5,12H2,(H,16,17). The third-order valence-corrected chi connectivity index (χ3v) is 2.60. The number of carboxylic acids is 1. The molecule has 0 saturated carbocycles. The summed E-state index contributed by atoms with van der Waals surface area (Å²) in [7, 11) is 0. The SMILES string of the molecule is NCc1ccc2c(c1)CC(=O)N2C(=O)C(=O)O. The molecule has 1 aliphatic rings. The van der Waals surface area contributed by atoms with Gasteiger partial charge in [-0.3, -0.25) is 9.59 Å². The number of hydrogen-bond acceptors (Lipinski definition) is 4. The highest BCUT2D eigenvalue weighted by atomic mass is 16.4. The average molecular weight is 234 g/mol. The number of anilines is 1. The lowest BCUT2D eigenvalue weighted by atomic mass is 10.1. The molecule has 2 amide bonds. The number of hydrogen-bond donors (Lipinski definition) is 2. The van der Waals surface area contributed by atoms with Crippen LogP contribution in [-0.4, -0.2) is 22.9 Å². The molecule has 1 aromatic carbocycles. The van der Waals surface area contributed by atoms with Crippen molar-refractivity contribution in [2.75, 3.05) is 4.90 Å². The quantitative estimate of drug-likeness (QED) is 0.646. The Kier molecular flexibility index (Phi) is 2.64. The predicted molar refractivity (Wildman–Crippen MR) is 58.2 cm³/mol. The molecule has 0 saturated heterocycles. The maximum Gasteiger partial charge on any atom is 0.395 e. The van der Waals surface area contributed by atoms with E-state index in [-0.39, 0.29) is 6.42 Å². The number of carbonyl (C=O) groups is 3. The monoisotopic (exact) mass is 234 g/mol. The maximum absolute atomic E-state index is 11.6. The van der Waals surface area contributed by atoms with Gasteiger partial charge in [-0.1, -0.05) is 12.1 Å². The van der Waals surface area contributed by atoms with Gasteiger partial charge in [0.1, 0.15) is 0 Å². The van der Waals surface area contributed by atoms with Crippen LogP contribution in [0.3, 0.4) is 0 Å². The number of imide groups is 1. The van der Waals surface area contributed by atoms with Crippen molar-refractivity contribution in [1.29, 1.82) is 0 Å². The number of nitrogens with two attached hydrogens (primary N) is 1. The largest absolute Gasteiger partial charge is 0.474 e. The Morgan fingerprint density at radius 2 is 2.12 bits per heavy atom. The number of amides is 2. The Labute approximate surface area is 96.6 Å². The summed E-state index contributed by atoms with van der Waals surface area (Å²) in [5.41, 5.74) is 7.26. The van der Waals surface area contributed by atoms with Crippen molar-refractivity contribution < 1.29 is 19.5 Å². The van der Waals surface area contributed by atoms with Crippen molar-refractivity contribution in [3.8, 4) is 0 Å². The van der Waals surface area contributed by atoms with Gasteiger partial charge in [-0.05, 0) is 17.2 Å². The van der Waals surface area contributed by atoms with Crippen LogP contribution in [0.4, 0.5) is 5.69 Å². The van der Waals surface area contributed by atoms with Gasteiger partial charge < -0.3 is 10.8 Å². The van der Waals surface area contributed by atoms with E-state index in [0.717, 1.165) is 5.56 Å². The highest BCUT2D eigenvalue weighted by molar-refractivity contribution is 6.43. The van der Waals surface area contributed by atoms with Gasteiger partial charge in [0, 0.05) is 6.54 Å². The van der Waals surface area contributed by atoms with Crippen molar-refractivity contribution in [2.24, 2.45) is 5.73 Å². The zero-order valence-electron chi connectivity index (χ0n) is 8.84. The molecule has 0 aromatic heterocycles. The van der Waals surface area contributed by atoms with Crippen molar-refractivity contribution >= 4 is 23.5 Å². The molecule has 0 unspecified atom stereocenters. The van der Waals surface area contributed by atoms with Gasteiger partial charge in [0.2, 0.25) is 5.91 Å². The van der Waals surface area contributed by atoms with Gasteiger partial charge in [0.25, 0.3) is 0 Å². The van der Waals surface area contributed by atoms with Crippen molar-refractivity contribution in [3.63, 3.8) is 0 Å². The van der Waals surface area contributed by atoms with Crippen molar-refractivity contribution in [3.05, 3.63) is 29.3 Å². The zero-order chi connectivity index (χ0) is 12.6. The van der Waals surface area contributed by atoms with Crippen LogP contribution < -0.4 is 10.6 Å². The second-order valence-corrected chi connectivity index (χ2v) is 3.68. The van der Waals surface area contributed by atoms with E-state index in [1.165, 1.54) is 0 Å². The molecule has 0 radical (unpaired) electrons. The summed E-state index contributed by atoms with van der Waals surface area (Å²) < 4.78 is 0. The Morgan fingerprint density at radius 1 is 1.41 bits per heavy atom. The lowest BCUT2D eigenvalue weighted by Gasteiger charge is -2.12. The first kappa shape index (κ1) is 11.3. The molecule has 6 heteroatoms. The van der Waals surface area contributed by atoms with Crippen LogP contribution in [0.15, 0.2) is 18.2 Å². The van der Waals surface area contributed by atoms with Gasteiger partial charge in [-0.25, -0.2) is 9.69 Å². The van der Waals surface area contributed by atoms with Crippen LogP contribution in [0, 0.1) is 0 Å². The highest BCUT2D eigenvalue weighted by Crippen LogP contribution is 2.29. The normalized spacial score (nSPS) is 13.7. The van der Waals surface area contributed by atoms with E-state index in [0.29, 0.717) is 22.7 Å². The van der Waals surface area contributed by atoms with Crippen LogP contribution in [0.5, 0.6) is 0 Å². The van der Waals surface area contributed by atoms with Gasteiger partial charge in [-0.2, -0.15) is 0 Å². The van der Waals surface area contributed by atoms with E-state index in [4.69, 9.17) is 10.8 Å². The molecule has 0 atom stereocenters. The molecule has 6 nitrogen and oxygen atoms in total. The van der Waals surface area contributed by atoms with Crippen molar-refractivity contribution in [2.45, 2.75) is 13.0 Å². The molecular formula is C11H10N2O4. The summed E-state index contributed by atoms with van der Waals surface area (Å²) in [4.78, 5) is 34.2. The fourth-order valence-electron chi connectivity index (χ4n) is 1.82. The maximum atomic E-state index is 11.6. The van der Waals surface area contributed by atoms with Gasteiger partial charge >= 0.3 is 11.9 Å². The molecule has 88 valence electrons. The van der Waals surface area contributed by atoms with E-state index in [9.17, 15) is 14.4 Å². The predicted octanol–water partition coefficient (Wildman–Crippen LogP) is -0.354. The average Bonchev–Trinajstić information content (AvgIpc) is 2.62.